The molecule has 0 aromatic heterocycles. The van der Waals surface area contributed by atoms with Gasteiger partial charge in [-0.25, -0.2) is 0 Å². The van der Waals surface area contributed by atoms with Gasteiger partial charge in [0, 0.05) is 43.9 Å². The van der Waals surface area contributed by atoms with E-state index in [1.54, 1.807) is 21.3 Å². The van der Waals surface area contributed by atoms with Gasteiger partial charge in [-0.3, -0.25) is 4.90 Å². The van der Waals surface area contributed by atoms with Gasteiger partial charge in [-0.2, -0.15) is 0 Å². The van der Waals surface area contributed by atoms with Gasteiger partial charge in [-0.1, -0.05) is 0 Å². The first-order valence-electron chi connectivity index (χ1n) is 8.68. The highest BCUT2D eigenvalue weighted by Crippen LogP contribution is 2.37. The topological polar surface area (TPSA) is 55.0 Å². The first-order valence-corrected chi connectivity index (χ1v) is 8.68. The predicted molar refractivity (Wildman–Crippen MR) is 94.2 cm³/mol. The van der Waals surface area contributed by atoms with E-state index in [1.165, 1.54) is 12.8 Å². The van der Waals surface area contributed by atoms with E-state index < -0.39 is 0 Å². The smallest absolute Gasteiger partial charge is 0.130 e. The molecule has 2 fully saturated rings. The van der Waals surface area contributed by atoms with Crippen LogP contribution in [-0.4, -0.2) is 64.5 Å². The molecule has 0 aliphatic carbocycles. The van der Waals surface area contributed by atoms with Crippen LogP contribution in [0, 0.1) is 0 Å². The van der Waals surface area contributed by atoms with E-state index in [0.29, 0.717) is 0 Å². The molecule has 0 atom stereocenters. The van der Waals surface area contributed by atoms with Gasteiger partial charge < -0.3 is 24.8 Å². The highest BCUT2D eigenvalue weighted by molar-refractivity contribution is 5.50. The van der Waals surface area contributed by atoms with Gasteiger partial charge in [0.1, 0.15) is 17.2 Å². The Morgan fingerprint density at radius 2 is 1.62 bits per heavy atom. The molecule has 2 aliphatic rings. The fraction of sp³-hybridized carbons (Fsp3) is 0.667. The summed E-state index contributed by atoms with van der Waals surface area (Å²) < 4.78 is 16.6. The molecular weight excluding hydrogens is 306 g/mol. The second-order valence-corrected chi connectivity index (χ2v) is 6.58. The quantitative estimate of drug-likeness (QED) is 0.844. The lowest BCUT2D eigenvalue weighted by Gasteiger charge is -2.50. The van der Waals surface area contributed by atoms with Crippen LogP contribution in [0.3, 0.4) is 0 Å². The summed E-state index contributed by atoms with van der Waals surface area (Å²) in [6.45, 7) is 6.10. The molecule has 134 valence electrons. The van der Waals surface area contributed by atoms with Crippen molar-refractivity contribution in [2.24, 2.45) is 0 Å². The van der Waals surface area contributed by atoms with Gasteiger partial charge in [-0.15, -0.1) is 0 Å². The van der Waals surface area contributed by atoms with Gasteiger partial charge in [0.05, 0.1) is 26.9 Å². The molecular formula is C18H29N3O3. The van der Waals surface area contributed by atoms with E-state index in [4.69, 9.17) is 14.2 Å². The molecule has 1 spiro atoms. The van der Waals surface area contributed by atoms with Crippen molar-refractivity contribution >= 4 is 0 Å². The van der Waals surface area contributed by atoms with Crippen molar-refractivity contribution in [3.63, 3.8) is 0 Å². The minimum atomic E-state index is 0.222. The Morgan fingerprint density at radius 3 is 2.21 bits per heavy atom. The van der Waals surface area contributed by atoms with E-state index in [0.717, 1.165) is 62.1 Å². The van der Waals surface area contributed by atoms with Crippen molar-refractivity contribution in [3.05, 3.63) is 17.7 Å². The summed E-state index contributed by atoms with van der Waals surface area (Å²) in [6, 6.07) is 3.88. The van der Waals surface area contributed by atoms with Crippen LogP contribution >= 0.6 is 0 Å². The van der Waals surface area contributed by atoms with Crippen molar-refractivity contribution in [2.45, 2.75) is 24.9 Å². The molecule has 6 nitrogen and oxygen atoms in total. The van der Waals surface area contributed by atoms with E-state index in [9.17, 15) is 0 Å². The molecule has 6 heteroatoms. The average molecular weight is 335 g/mol. The Morgan fingerprint density at radius 1 is 0.958 bits per heavy atom. The van der Waals surface area contributed by atoms with Gasteiger partial charge >= 0.3 is 0 Å². The van der Waals surface area contributed by atoms with E-state index in [-0.39, 0.29) is 5.54 Å². The molecule has 2 aliphatic heterocycles. The highest BCUT2D eigenvalue weighted by Gasteiger charge is 2.40. The van der Waals surface area contributed by atoms with E-state index in [1.807, 2.05) is 12.1 Å². The number of ether oxygens (including phenoxy) is 3. The van der Waals surface area contributed by atoms with Crippen LogP contribution in [0.4, 0.5) is 0 Å². The normalized spacial score (nSPS) is 20.8. The van der Waals surface area contributed by atoms with Crippen molar-refractivity contribution in [2.75, 3.05) is 54.1 Å². The molecule has 3 rings (SSSR count). The van der Waals surface area contributed by atoms with Crippen molar-refractivity contribution in [1.82, 2.24) is 15.5 Å². The summed E-state index contributed by atoms with van der Waals surface area (Å²) >= 11 is 0. The maximum Gasteiger partial charge on any atom is 0.130 e. The Balaban J connectivity index is 1.90. The third-order valence-electron chi connectivity index (χ3n) is 5.38. The first kappa shape index (κ1) is 17.3. The van der Waals surface area contributed by atoms with Gasteiger partial charge in [0.15, 0.2) is 0 Å². The number of piperidine rings is 1. The largest absolute Gasteiger partial charge is 0.496 e. The maximum atomic E-state index is 5.63. The minimum absolute atomic E-state index is 0.222. The van der Waals surface area contributed by atoms with Crippen LogP contribution < -0.4 is 24.8 Å². The molecule has 2 N–H and O–H groups in total. The van der Waals surface area contributed by atoms with Crippen LogP contribution in [-0.2, 0) is 6.54 Å². The Bertz CT molecular complexity index is 525. The number of nitrogens with one attached hydrogen (secondary N) is 2. The molecule has 0 saturated carbocycles. The van der Waals surface area contributed by atoms with Crippen molar-refractivity contribution < 1.29 is 14.2 Å². The van der Waals surface area contributed by atoms with Gasteiger partial charge in [0.2, 0.25) is 0 Å². The Kier molecular flexibility index (Phi) is 5.48. The Hall–Kier alpha value is -1.50. The predicted octanol–water partition coefficient (Wildman–Crippen LogP) is 1.24. The lowest BCUT2D eigenvalue weighted by molar-refractivity contribution is 0.0252. The lowest BCUT2D eigenvalue weighted by atomic mass is 9.84. The number of benzene rings is 1. The molecule has 0 radical (unpaired) electrons. The molecule has 1 aromatic rings. The molecule has 2 saturated heterocycles. The number of methoxy groups -OCH3 is 3. The van der Waals surface area contributed by atoms with Crippen molar-refractivity contribution in [1.29, 1.82) is 0 Å². The first-order chi connectivity index (χ1) is 11.7. The van der Waals surface area contributed by atoms with Crippen LogP contribution in [0.15, 0.2) is 12.1 Å². The fourth-order valence-corrected chi connectivity index (χ4v) is 3.94. The SMILES string of the molecule is COc1cc(OC)c(CN2CCNCC23CCNCC3)c(OC)c1. The van der Waals surface area contributed by atoms with Gasteiger partial charge in [-0.05, 0) is 25.9 Å². The number of hydrogen-bond acceptors (Lipinski definition) is 6. The molecule has 2 heterocycles. The molecule has 0 amide bonds. The number of hydrogen-bond donors (Lipinski definition) is 2. The van der Waals surface area contributed by atoms with Crippen LogP contribution in [0.5, 0.6) is 17.2 Å². The average Bonchev–Trinajstić information content (AvgIpc) is 2.64. The molecule has 24 heavy (non-hydrogen) atoms. The second-order valence-electron chi connectivity index (χ2n) is 6.58. The summed E-state index contributed by atoms with van der Waals surface area (Å²) in [5.41, 5.74) is 1.32. The number of rotatable bonds is 5. The monoisotopic (exact) mass is 335 g/mol. The van der Waals surface area contributed by atoms with E-state index >= 15 is 0 Å². The molecule has 0 bridgehead atoms. The lowest BCUT2D eigenvalue weighted by Crippen LogP contribution is -2.64. The minimum Gasteiger partial charge on any atom is -0.496 e. The van der Waals surface area contributed by atoms with Gasteiger partial charge in [0.25, 0.3) is 0 Å². The van der Waals surface area contributed by atoms with Crippen LogP contribution in [0.2, 0.25) is 0 Å². The summed E-state index contributed by atoms with van der Waals surface area (Å²) in [6.07, 6.45) is 2.33. The standard InChI is InChI=1S/C18H29N3O3/c1-22-14-10-16(23-2)15(17(11-14)24-3)12-21-9-8-20-13-18(21)4-6-19-7-5-18/h10-11,19-20H,4-9,12-13H2,1-3H3. The second kappa shape index (κ2) is 7.59. The number of piperazine rings is 1. The van der Waals surface area contributed by atoms with Crippen LogP contribution in [0.1, 0.15) is 18.4 Å². The summed E-state index contributed by atoms with van der Waals surface area (Å²) in [5, 5.41) is 7.07. The highest BCUT2D eigenvalue weighted by atomic mass is 16.5. The zero-order chi connectivity index (χ0) is 17.0. The summed E-state index contributed by atoms with van der Waals surface area (Å²) in [7, 11) is 5.07. The fourth-order valence-electron chi connectivity index (χ4n) is 3.94. The third-order valence-corrected chi connectivity index (χ3v) is 5.38. The zero-order valence-electron chi connectivity index (χ0n) is 15.0. The third kappa shape index (κ3) is 3.31. The molecule has 1 aromatic carbocycles. The maximum absolute atomic E-state index is 5.63. The Labute approximate surface area is 144 Å². The zero-order valence-corrected chi connectivity index (χ0v) is 15.0. The van der Waals surface area contributed by atoms with Crippen LogP contribution in [0.25, 0.3) is 0 Å². The number of nitrogens with zero attached hydrogens (tertiary/aromatic N) is 1. The van der Waals surface area contributed by atoms with E-state index in [2.05, 4.69) is 15.5 Å². The molecule has 0 unspecified atom stereocenters. The van der Waals surface area contributed by atoms with Crippen molar-refractivity contribution in [3.8, 4) is 17.2 Å². The summed E-state index contributed by atoms with van der Waals surface area (Å²) in [4.78, 5) is 2.61. The summed E-state index contributed by atoms with van der Waals surface area (Å²) in [5.74, 6) is 2.41.